The summed E-state index contributed by atoms with van der Waals surface area (Å²) in [4.78, 5) is 11.2. The minimum atomic E-state index is -1.00. The molecule has 2 aromatic heterocycles. The van der Waals surface area contributed by atoms with Crippen LogP contribution < -0.4 is 4.74 Å². The number of carboxylic acids is 1. The Morgan fingerprint density at radius 1 is 1.45 bits per heavy atom. The van der Waals surface area contributed by atoms with Gasteiger partial charge in [0.2, 0.25) is 0 Å². The normalized spacial score (nSPS) is 10.9. The van der Waals surface area contributed by atoms with Gasteiger partial charge in [-0.25, -0.2) is 4.79 Å². The van der Waals surface area contributed by atoms with Gasteiger partial charge in [-0.15, -0.1) is 0 Å². The summed E-state index contributed by atoms with van der Waals surface area (Å²) in [6, 6.07) is 5.67. The summed E-state index contributed by atoms with van der Waals surface area (Å²) in [5.41, 5.74) is 2.44. The Morgan fingerprint density at radius 3 is 2.95 bits per heavy atom. The van der Waals surface area contributed by atoms with Crippen LogP contribution in [0.25, 0.3) is 22.2 Å². The van der Waals surface area contributed by atoms with E-state index in [2.05, 4.69) is 10.2 Å². The molecule has 0 fully saturated rings. The van der Waals surface area contributed by atoms with E-state index in [4.69, 9.17) is 4.74 Å². The molecule has 0 saturated carbocycles. The van der Waals surface area contributed by atoms with Gasteiger partial charge in [-0.2, -0.15) is 5.10 Å². The first kappa shape index (κ1) is 12.3. The zero-order valence-electron chi connectivity index (χ0n) is 11.0. The summed E-state index contributed by atoms with van der Waals surface area (Å²) >= 11 is 0. The molecule has 0 aliphatic heterocycles. The number of hydrogen-bond acceptors (Lipinski definition) is 3. The average molecular weight is 271 g/mol. The fraction of sp³-hybridized carbons (Fsp3) is 0.143. The second-order valence-corrected chi connectivity index (χ2v) is 4.50. The van der Waals surface area contributed by atoms with E-state index in [0.29, 0.717) is 5.69 Å². The maximum Gasteiger partial charge on any atom is 0.339 e. The number of carbonyl (C=O) groups is 1. The van der Waals surface area contributed by atoms with E-state index in [1.807, 2.05) is 36.0 Å². The number of hydrogen-bond donors (Lipinski definition) is 2. The van der Waals surface area contributed by atoms with Crippen molar-refractivity contribution in [2.24, 2.45) is 7.05 Å². The first-order chi connectivity index (χ1) is 9.61. The Hall–Kier alpha value is -2.76. The number of aryl methyl sites for hydroxylation is 1. The highest BCUT2D eigenvalue weighted by molar-refractivity contribution is 6.02. The Labute approximate surface area is 114 Å². The number of benzene rings is 1. The van der Waals surface area contributed by atoms with Gasteiger partial charge in [-0.05, 0) is 12.1 Å². The predicted octanol–water partition coefficient (Wildman–Crippen LogP) is 2.28. The number of aromatic nitrogens is 3. The van der Waals surface area contributed by atoms with Crippen molar-refractivity contribution in [3.05, 3.63) is 36.2 Å². The Bertz CT molecular complexity index is 801. The second kappa shape index (κ2) is 4.41. The van der Waals surface area contributed by atoms with Gasteiger partial charge in [0, 0.05) is 30.3 Å². The minimum absolute atomic E-state index is 0.160. The van der Waals surface area contributed by atoms with Gasteiger partial charge in [-0.1, -0.05) is 0 Å². The van der Waals surface area contributed by atoms with Gasteiger partial charge in [0.15, 0.2) is 0 Å². The number of nitrogens with zero attached hydrogens (tertiary/aromatic N) is 2. The molecule has 0 saturated heterocycles. The topological polar surface area (TPSA) is 80.1 Å². The van der Waals surface area contributed by atoms with Crippen LogP contribution in [-0.2, 0) is 7.05 Å². The molecule has 6 nitrogen and oxygen atoms in total. The lowest BCUT2D eigenvalue weighted by Gasteiger charge is -2.01. The number of aromatic amines is 1. The van der Waals surface area contributed by atoms with Crippen molar-refractivity contribution in [2.45, 2.75) is 0 Å². The molecule has 2 N–H and O–H groups in total. The summed E-state index contributed by atoms with van der Waals surface area (Å²) in [6.45, 7) is 0. The minimum Gasteiger partial charge on any atom is -0.497 e. The summed E-state index contributed by atoms with van der Waals surface area (Å²) in [5.74, 6) is -0.243. The molecule has 3 rings (SSSR count). The highest BCUT2D eigenvalue weighted by Gasteiger charge is 2.18. The zero-order valence-corrected chi connectivity index (χ0v) is 11.0. The van der Waals surface area contributed by atoms with Crippen molar-refractivity contribution >= 4 is 16.9 Å². The van der Waals surface area contributed by atoms with E-state index < -0.39 is 5.97 Å². The van der Waals surface area contributed by atoms with Crippen LogP contribution in [0.4, 0.5) is 0 Å². The predicted molar refractivity (Wildman–Crippen MR) is 74.0 cm³/mol. The molecule has 1 aromatic carbocycles. The molecule has 3 aromatic rings. The average Bonchev–Trinajstić information content (AvgIpc) is 3.03. The summed E-state index contributed by atoms with van der Waals surface area (Å²) < 4.78 is 7.14. The smallest absolute Gasteiger partial charge is 0.339 e. The Balaban J connectivity index is 2.27. The quantitative estimate of drug-likeness (QED) is 0.765. The number of methoxy groups -OCH3 is 1. The summed E-state index contributed by atoms with van der Waals surface area (Å²) in [6.07, 6.45) is 3.20. The van der Waals surface area contributed by atoms with E-state index in [0.717, 1.165) is 22.2 Å². The van der Waals surface area contributed by atoms with Crippen molar-refractivity contribution in [2.75, 3.05) is 7.11 Å². The highest BCUT2D eigenvalue weighted by Crippen LogP contribution is 2.32. The first-order valence-corrected chi connectivity index (χ1v) is 6.02. The highest BCUT2D eigenvalue weighted by atomic mass is 16.5. The van der Waals surface area contributed by atoms with Gasteiger partial charge >= 0.3 is 5.97 Å². The number of H-pyrrole nitrogens is 1. The summed E-state index contributed by atoms with van der Waals surface area (Å²) in [5, 5.41) is 16.7. The molecular formula is C14H13N3O3. The molecule has 0 aliphatic carbocycles. The molecule has 0 atom stereocenters. The largest absolute Gasteiger partial charge is 0.497 e. The van der Waals surface area contributed by atoms with Crippen molar-refractivity contribution < 1.29 is 14.6 Å². The number of rotatable bonds is 3. The van der Waals surface area contributed by atoms with E-state index in [9.17, 15) is 9.90 Å². The number of ether oxygens (including phenoxy) is 1. The molecule has 2 heterocycles. The van der Waals surface area contributed by atoms with Crippen LogP contribution in [-0.4, -0.2) is 33.0 Å². The number of carboxylic acid groups (broad SMARTS) is 1. The van der Waals surface area contributed by atoms with Gasteiger partial charge in [0.25, 0.3) is 0 Å². The van der Waals surface area contributed by atoms with Crippen LogP contribution in [0.2, 0.25) is 0 Å². The lowest BCUT2D eigenvalue weighted by atomic mass is 10.1. The van der Waals surface area contributed by atoms with Gasteiger partial charge in [-0.3, -0.25) is 5.10 Å². The SMILES string of the molecule is COc1ccc2c(-c3[nH]ncc3C(=O)O)cn(C)c2c1. The molecule has 20 heavy (non-hydrogen) atoms. The van der Waals surface area contributed by atoms with Crippen LogP contribution >= 0.6 is 0 Å². The van der Waals surface area contributed by atoms with Crippen LogP contribution in [0.5, 0.6) is 5.75 Å². The lowest BCUT2D eigenvalue weighted by molar-refractivity contribution is 0.0698. The first-order valence-electron chi connectivity index (χ1n) is 6.02. The van der Waals surface area contributed by atoms with Gasteiger partial charge < -0.3 is 14.4 Å². The molecule has 0 bridgehead atoms. The Kier molecular flexibility index (Phi) is 2.71. The molecule has 0 unspecified atom stereocenters. The van der Waals surface area contributed by atoms with Crippen LogP contribution in [0.3, 0.4) is 0 Å². The molecular weight excluding hydrogens is 258 g/mol. The number of fused-ring (bicyclic) bond motifs is 1. The molecule has 0 spiro atoms. The van der Waals surface area contributed by atoms with Gasteiger partial charge in [0.1, 0.15) is 11.3 Å². The van der Waals surface area contributed by atoms with Crippen molar-refractivity contribution in [3.63, 3.8) is 0 Å². The van der Waals surface area contributed by atoms with Crippen LogP contribution in [0.1, 0.15) is 10.4 Å². The van der Waals surface area contributed by atoms with E-state index >= 15 is 0 Å². The fourth-order valence-electron chi connectivity index (χ4n) is 2.34. The third-order valence-electron chi connectivity index (χ3n) is 3.34. The van der Waals surface area contributed by atoms with E-state index in [1.54, 1.807) is 7.11 Å². The van der Waals surface area contributed by atoms with Crippen molar-refractivity contribution in [1.82, 2.24) is 14.8 Å². The fourth-order valence-corrected chi connectivity index (χ4v) is 2.34. The number of aromatic carboxylic acids is 1. The van der Waals surface area contributed by atoms with Crippen molar-refractivity contribution in [3.8, 4) is 17.0 Å². The molecule has 0 amide bonds. The second-order valence-electron chi connectivity index (χ2n) is 4.50. The Morgan fingerprint density at radius 2 is 2.25 bits per heavy atom. The standard InChI is InChI=1S/C14H13N3O3/c1-17-7-11(13-10(14(18)19)6-15-16-13)9-4-3-8(20-2)5-12(9)17/h3-7H,1-2H3,(H,15,16)(H,18,19). The number of nitrogens with one attached hydrogen (secondary N) is 1. The monoisotopic (exact) mass is 271 g/mol. The molecule has 0 aliphatic rings. The van der Waals surface area contributed by atoms with E-state index in [-0.39, 0.29) is 5.56 Å². The maximum atomic E-state index is 11.2. The maximum absolute atomic E-state index is 11.2. The van der Waals surface area contributed by atoms with E-state index in [1.165, 1.54) is 6.20 Å². The molecule has 6 heteroatoms. The van der Waals surface area contributed by atoms with Crippen LogP contribution in [0, 0.1) is 0 Å². The van der Waals surface area contributed by atoms with Crippen LogP contribution in [0.15, 0.2) is 30.6 Å². The molecule has 0 radical (unpaired) electrons. The summed E-state index contributed by atoms with van der Waals surface area (Å²) in [7, 11) is 3.52. The lowest BCUT2D eigenvalue weighted by Crippen LogP contribution is -1.96. The molecule has 102 valence electrons. The van der Waals surface area contributed by atoms with Gasteiger partial charge in [0.05, 0.1) is 24.5 Å². The third kappa shape index (κ3) is 1.73. The van der Waals surface area contributed by atoms with Crippen molar-refractivity contribution in [1.29, 1.82) is 0 Å². The zero-order chi connectivity index (χ0) is 14.3. The third-order valence-corrected chi connectivity index (χ3v) is 3.34.